The molecule has 0 aromatic heterocycles. The van der Waals surface area contributed by atoms with Crippen LogP contribution < -0.4 is 0 Å². The number of ether oxygens (including phenoxy) is 2. The van der Waals surface area contributed by atoms with Crippen molar-refractivity contribution in [2.45, 2.75) is 19.1 Å². The molecule has 0 aromatic carbocycles. The minimum absolute atomic E-state index is 0.0723. The Morgan fingerprint density at radius 2 is 1.62 bits per heavy atom. The molecule has 0 aliphatic rings. The molecule has 1 atom stereocenters. The Hall–Kier alpha value is -1.48. The SMILES string of the molecule is C=CCOC(=O)/C=C/C(=O)OC(CC)[Si](OC)(OC)OC. The van der Waals surface area contributed by atoms with E-state index in [9.17, 15) is 9.59 Å². The Balaban J connectivity index is 4.68. The number of carbonyl (C=O) groups is 2. The molecule has 0 amide bonds. The zero-order valence-corrected chi connectivity index (χ0v) is 13.8. The van der Waals surface area contributed by atoms with Crippen LogP contribution in [0.2, 0.25) is 0 Å². The van der Waals surface area contributed by atoms with Gasteiger partial charge in [-0.1, -0.05) is 19.6 Å². The standard InChI is InChI=1S/C13H22O7Si/c1-6-10-19-11(14)8-9-12(15)20-13(7-2)21(16-3,17-4)18-5/h6,8-9,13H,1,7,10H2,2-5H3/b9-8+. The summed E-state index contributed by atoms with van der Waals surface area (Å²) in [5, 5.41) is 0. The molecule has 0 aromatic rings. The third kappa shape index (κ3) is 6.21. The van der Waals surface area contributed by atoms with Crippen molar-refractivity contribution in [3.63, 3.8) is 0 Å². The highest BCUT2D eigenvalue weighted by atomic mass is 28.4. The Morgan fingerprint density at radius 3 is 2.05 bits per heavy atom. The van der Waals surface area contributed by atoms with Gasteiger partial charge in [-0.15, -0.1) is 0 Å². The molecule has 21 heavy (non-hydrogen) atoms. The van der Waals surface area contributed by atoms with Crippen LogP contribution in [0.25, 0.3) is 0 Å². The van der Waals surface area contributed by atoms with E-state index in [-0.39, 0.29) is 6.61 Å². The second-order valence-corrected chi connectivity index (χ2v) is 6.88. The van der Waals surface area contributed by atoms with E-state index in [1.165, 1.54) is 27.4 Å². The van der Waals surface area contributed by atoms with Gasteiger partial charge in [0.1, 0.15) is 6.61 Å². The van der Waals surface area contributed by atoms with Gasteiger partial charge in [0, 0.05) is 33.5 Å². The van der Waals surface area contributed by atoms with Crippen LogP contribution >= 0.6 is 0 Å². The summed E-state index contributed by atoms with van der Waals surface area (Å²) in [7, 11) is 1.19. The van der Waals surface area contributed by atoms with Gasteiger partial charge in [-0.05, 0) is 6.42 Å². The number of hydrogen-bond acceptors (Lipinski definition) is 7. The first-order chi connectivity index (χ1) is 9.99. The highest BCUT2D eigenvalue weighted by molar-refractivity contribution is 6.62. The molecule has 0 saturated carbocycles. The predicted octanol–water partition coefficient (Wildman–Crippen LogP) is 1.01. The minimum atomic E-state index is -3.09. The molecule has 0 N–H and O–H groups in total. The molecule has 0 radical (unpaired) electrons. The van der Waals surface area contributed by atoms with Gasteiger partial charge in [0.15, 0.2) is 5.73 Å². The summed E-state index contributed by atoms with van der Waals surface area (Å²) >= 11 is 0. The summed E-state index contributed by atoms with van der Waals surface area (Å²) in [6.45, 7) is 5.28. The number of rotatable bonds is 10. The highest BCUT2D eigenvalue weighted by Crippen LogP contribution is 2.18. The first-order valence-electron chi connectivity index (χ1n) is 6.31. The van der Waals surface area contributed by atoms with Crippen LogP contribution in [0.1, 0.15) is 13.3 Å². The van der Waals surface area contributed by atoms with Gasteiger partial charge in [-0.25, -0.2) is 9.59 Å². The lowest BCUT2D eigenvalue weighted by Gasteiger charge is -2.30. The average molecular weight is 318 g/mol. The molecule has 0 aliphatic carbocycles. The van der Waals surface area contributed by atoms with Crippen LogP contribution in [0.15, 0.2) is 24.8 Å². The normalized spacial score (nSPS) is 13.0. The second kappa shape index (κ2) is 10.3. The van der Waals surface area contributed by atoms with E-state index < -0.39 is 26.5 Å². The van der Waals surface area contributed by atoms with E-state index in [1.54, 1.807) is 6.92 Å². The first-order valence-corrected chi connectivity index (χ1v) is 8.11. The molecule has 120 valence electrons. The summed E-state index contributed by atoms with van der Waals surface area (Å²) in [6.07, 6.45) is 3.83. The van der Waals surface area contributed by atoms with Crippen LogP contribution in [0.3, 0.4) is 0 Å². The Morgan fingerprint density at radius 1 is 1.10 bits per heavy atom. The van der Waals surface area contributed by atoms with Crippen LogP contribution in [0.4, 0.5) is 0 Å². The van der Waals surface area contributed by atoms with Crippen LogP contribution in [0.5, 0.6) is 0 Å². The molecule has 0 aliphatic heterocycles. The topological polar surface area (TPSA) is 80.3 Å². The van der Waals surface area contributed by atoms with Crippen molar-refractivity contribution < 1.29 is 32.3 Å². The molecule has 0 saturated heterocycles. The third-order valence-electron chi connectivity index (χ3n) is 2.58. The van der Waals surface area contributed by atoms with Crippen LogP contribution in [0, 0.1) is 0 Å². The van der Waals surface area contributed by atoms with Crippen LogP contribution in [-0.4, -0.2) is 54.4 Å². The summed E-state index contributed by atoms with van der Waals surface area (Å²) in [5.41, 5.74) is -0.668. The molecule has 0 bridgehead atoms. The van der Waals surface area contributed by atoms with Gasteiger partial charge in [0.2, 0.25) is 0 Å². The van der Waals surface area contributed by atoms with Crippen LogP contribution in [-0.2, 0) is 32.3 Å². The fraction of sp³-hybridized carbons (Fsp3) is 0.538. The Labute approximate surface area is 125 Å². The predicted molar refractivity (Wildman–Crippen MR) is 77.2 cm³/mol. The average Bonchev–Trinajstić information content (AvgIpc) is 2.51. The first kappa shape index (κ1) is 19.5. The van der Waals surface area contributed by atoms with E-state index >= 15 is 0 Å². The van der Waals surface area contributed by atoms with E-state index in [0.29, 0.717) is 6.42 Å². The summed E-state index contributed by atoms with van der Waals surface area (Å²) in [4.78, 5) is 22.9. The van der Waals surface area contributed by atoms with Gasteiger partial charge in [0.25, 0.3) is 0 Å². The van der Waals surface area contributed by atoms with Crippen molar-refractivity contribution >= 4 is 20.7 Å². The number of carbonyl (C=O) groups excluding carboxylic acids is 2. The lowest BCUT2D eigenvalue weighted by molar-refractivity contribution is -0.143. The summed E-state index contributed by atoms with van der Waals surface area (Å²) in [5.74, 6) is -1.37. The second-order valence-electron chi connectivity index (χ2n) is 3.80. The monoisotopic (exact) mass is 318 g/mol. The quantitative estimate of drug-likeness (QED) is 0.257. The highest BCUT2D eigenvalue weighted by Gasteiger charge is 2.49. The smallest absolute Gasteiger partial charge is 0.458 e. The molecule has 8 heteroatoms. The number of hydrogen-bond donors (Lipinski definition) is 0. The molecule has 0 fully saturated rings. The zero-order valence-electron chi connectivity index (χ0n) is 12.8. The van der Waals surface area contributed by atoms with Crippen molar-refractivity contribution in [3.05, 3.63) is 24.8 Å². The third-order valence-corrected chi connectivity index (χ3v) is 5.60. The maximum atomic E-state index is 11.7. The lowest BCUT2D eigenvalue weighted by atomic mass is 10.5. The van der Waals surface area contributed by atoms with Crippen molar-refractivity contribution in [1.29, 1.82) is 0 Å². The Kier molecular flexibility index (Phi) is 9.55. The zero-order chi connectivity index (χ0) is 16.3. The molecule has 0 rings (SSSR count). The number of esters is 2. The molecule has 7 nitrogen and oxygen atoms in total. The van der Waals surface area contributed by atoms with Crippen molar-refractivity contribution in [1.82, 2.24) is 0 Å². The van der Waals surface area contributed by atoms with Gasteiger partial charge in [0.05, 0.1) is 0 Å². The summed E-state index contributed by atoms with van der Waals surface area (Å²) in [6, 6.07) is 0. The lowest BCUT2D eigenvalue weighted by Crippen LogP contribution is -2.55. The molecule has 0 spiro atoms. The largest absolute Gasteiger partial charge is 0.543 e. The van der Waals surface area contributed by atoms with Crippen molar-refractivity contribution in [2.75, 3.05) is 27.9 Å². The van der Waals surface area contributed by atoms with Crippen molar-refractivity contribution in [3.8, 4) is 0 Å². The molecular formula is C13H22O7Si. The van der Waals surface area contributed by atoms with E-state index in [0.717, 1.165) is 12.2 Å². The van der Waals surface area contributed by atoms with Gasteiger partial charge in [-0.3, -0.25) is 0 Å². The van der Waals surface area contributed by atoms with Crippen molar-refractivity contribution in [2.24, 2.45) is 0 Å². The van der Waals surface area contributed by atoms with E-state index in [1.807, 2.05) is 0 Å². The maximum absolute atomic E-state index is 11.7. The van der Waals surface area contributed by atoms with Gasteiger partial charge < -0.3 is 22.8 Å². The molecule has 1 unspecified atom stereocenters. The Bertz CT molecular complexity index is 368. The van der Waals surface area contributed by atoms with E-state index in [4.69, 9.17) is 18.0 Å². The molecular weight excluding hydrogens is 296 g/mol. The fourth-order valence-electron chi connectivity index (χ4n) is 1.55. The van der Waals surface area contributed by atoms with Gasteiger partial charge >= 0.3 is 20.7 Å². The maximum Gasteiger partial charge on any atom is 0.543 e. The fourth-order valence-corrected chi connectivity index (χ4v) is 3.60. The summed E-state index contributed by atoms with van der Waals surface area (Å²) < 4.78 is 25.7. The van der Waals surface area contributed by atoms with Gasteiger partial charge in [-0.2, -0.15) is 0 Å². The van der Waals surface area contributed by atoms with E-state index in [2.05, 4.69) is 11.3 Å². The molecule has 0 heterocycles. The minimum Gasteiger partial charge on any atom is -0.458 e.